The van der Waals surface area contributed by atoms with Crippen LogP contribution in [-0.2, 0) is 4.79 Å². The maximum absolute atomic E-state index is 11.8. The third-order valence-electron chi connectivity index (χ3n) is 3.48. The van der Waals surface area contributed by atoms with Crippen molar-refractivity contribution in [3.63, 3.8) is 0 Å². The lowest BCUT2D eigenvalue weighted by atomic mass is 9.87. The van der Waals surface area contributed by atoms with E-state index in [2.05, 4.69) is 20.5 Å². The maximum Gasteiger partial charge on any atom is 0.240 e. The van der Waals surface area contributed by atoms with Crippen LogP contribution in [0.1, 0.15) is 51.1 Å². The van der Waals surface area contributed by atoms with E-state index >= 15 is 0 Å². The van der Waals surface area contributed by atoms with E-state index in [0.29, 0.717) is 23.7 Å². The summed E-state index contributed by atoms with van der Waals surface area (Å²) in [6.07, 6.45) is 11.6. The first-order chi connectivity index (χ1) is 9.25. The van der Waals surface area contributed by atoms with E-state index in [9.17, 15) is 4.79 Å². The van der Waals surface area contributed by atoms with E-state index in [0.717, 1.165) is 0 Å². The zero-order valence-corrected chi connectivity index (χ0v) is 11.3. The number of aromatic nitrogens is 2. The Morgan fingerprint density at radius 2 is 2.16 bits per heavy atom. The molecule has 1 saturated carbocycles. The van der Waals surface area contributed by atoms with E-state index in [1.54, 1.807) is 18.6 Å². The van der Waals surface area contributed by atoms with E-state index in [-0.39, 0.29) is 5.91 Å². The fourth-order valence-corrected chi connectivity index (χ4v) is 2.39. The lowest BCUT2D eigenvalue weighted by molar-refractivity contribution is -0.122. The first-order valence-corrected chi connectivity index (χ1v) is 6.85. The molecule has 0 unspecified atom stereocenters. The van der Waals surface area contributed by atoms with Gasteiger partial charge in [-0.3, -0.25) is 14.8 Å². The Morgan fingerprint density at radius 3 is 2.84 bits per heavy atom. The second-order valence-electron chi connectivity index (χ2n) is 5.03. The van der Waals surface area contributed by atoms with Crippen LogP contribution in [0.2, 0.25) is 0 Å². The van der Waals surface area contributed by atoms with Gasteiger partial charge in [-0.2, -0.15) is 5.10 Å². The van der Waals surface area contributed by atoms with E-state index in [4.69, 9.17) is 0 Å². The molecule has 1 aromatic heterocycles. The molecule has 5 heteroatoms. The van der Waals surface area contributed by atoms with Gasteiger partial charge in [0, 0.05) is 18.8 Å². The third kappa shape index (κ3) is 4.43. The van der Waals surface area contributed by atoms with Gasteiger partial charge >= 0.3 is 0 Å². The smallest absolute Gasteiger partial charge is 0.240 e. The maximum atomic E-state index is 11.8. The summed E-state index contributed by atoms with van der Waals surface area (Å²) in [4.78, 5) is 19.9. The van der Waals surface area contributed by atoms with Gasteiger partial charge in [-0.15, -0.1) is 0 Å². The minimum Gasteiger partial charge on any atom is -0.273 e. The number of hydrazone groups is 1. The zero-order chi connectivity index (χ0) is 13.5. The standard InChI is InChI=1S/C14H20N4O/c1-11(13-10-15-7-8-16-13)17-18-14(19)9-12-5-3-2-4-6-12/h7-8,10,12H,2-6,9H2,1H3,(H,18,19). The Labute approximate surface area is 113 Å². The number of hydrogen-bond donors (Lipinski definition) is 1. The molecule has 0 radical (unpaired) electrons. The van der Waals surface area contributed by atoms with Crippen molar-refractivity contribution >= 4 is 11.6 Å². The first kappa shape index (κ1) is 13.6. The van der Waals surface area contributed by atoms with Crippen LogP contribution in [0.25, 0.3) is 0 Å². The molecule has 1 fully saturated rings. The van der Waals surface area contributed by atoms with Crippen molar-refractivity contribution in [1.82, 2.24) is 15.4 Å². The quantitative estimate of drug-likeness (QED) is 0.667. The molecule has 1 amide bonds. The highest BCUT2D eigenvalue weighted by Crippen LogP contribution is 2.25. The second kappa shape index (κ2) is 6.97. The molecule has 0 spiro atoms. The van der Waals surface area contributed by atoms with E-state index < -0.39 is 0 Å². The number of carbonyl (C=O) groups excluding carboxylic acids is 1. The molecular weight excluding hydrogens is 240 g/mol. The normalized spacial score (nSPS) is 17.2. The number of nitrogens with one attached hydrogen (secondary N) is 1. The number of hydrogen-bond acceptors (Lipinski definition) is 4. The molecule has 0 aliphatic heterocycles. The molecule has 1 N–H and O–H groups in total. The summed E-state index contributed by atoms with van der Waals surface area (Å²) in [5.74, 6) is 0.524. The van der Waals surface area contributed by atoms with Gasteiger partial charge in [0.2, 0.25) is 5.91 Å². The molecule has 1 aliphatic rings. The molecule has 2 rings (SSSR count). The summed E-state index contributed by atoms with van der Waals surface area (Å²) in [5, 5.41) is 4.07. The zero-order valence-electron chi connectivity index (χ0n) is 11.3. The minimum absolute atomic E-state index is 0.00450. The summed E-state index contributed by atoms with van der Waals surface area (Å²) in [7, 11) is 0. The Kier molecular flexibility index (Phi) is 5.01. The Morgan fingerprint density at radius 1 is 1.37 bits per heavy atom. The molecule has 0 aromatic carbocycles. The van der Waals surface area contributed by atoms with Gasteiger partial charge < -0.3 is 0 Å². The number of rotatable bonds is 4. The van der Waals surface area contributed by atoms with Crippen LogP contribution in [0.5, 0.6) is 0 Å². The summed E-state index contributed by atoms with van der Waals surface area (Å²) >= 11 is 0. The molecule has 1 heterocycles. The summed E-state index contributed by atoms with van der Waals surface area (Å²) < 4.78 is 0. The highest BCUT2D eigenvalue weighted by atomic mass is 16.2. The summed E-state index contributed by atoms with van der Waals surface area (Å²) in [6, 6.07) is 0. The Bertz CT molecular complexity index is 438. The molecule has 1 aliphatic carbocycles. The average molecular weight is 260 g/mol. The van der Waals surface area contributed by atoms with Crippen LogP contribution < -0.4 is 5.43 Å². The molecule has 0 saturated heterocycles. The molecule has 1 aromatic rings. The molecule has 0 bridgehead atoms. The Hall–Kier alpha value is -1.78. The van der Waals surface area contributed by atoms with Gasteiger partial charge in [0.1, 0.15) is 5.69 Å². The van der Waals surface area contributed by atoms with Gasteiger partial charge in [0.25, 0.3) is 0 Å². The molecule has 102 valence electrons. The first-order valence-electron chi connectivity index (χ1n) is 6.85. The van der Waals surface area contributed by atoms with Crippen LogP contribution in [-0.4, -0.2) is 21.6 Å². The van der Waals surface area contributed by atoms with Crippen molar-refractivity contribution in [2.45, 2.75) is 45.4 Å². The van der Waals surface area contributed by atoms with Gasteiger partial charge in [0.05, 0.1) is 11.9 Å². The predicted molar refractivity (Wildman–Crippen MR) is 73.6 cm³/mol. The van der Waals surface area contributed by atoms with E-state index in [1.807, 2.05) is 6.92 Å². The van der Waals surface area contributed by atoms with Crippen molar-refractivity contribution in [2.24, 2.45) is 11.0 Å². The highest BCUT2D eigenvalue weighted by Gasteiger charge is 2.16. The SMILES string of the molecule is CC(=NNC(=O)CC1CCCCC1)c1cnccn1. The van der Waals surface area contributed by atoms with Crippen molar-refractivity contribution in [1.29, 1.82) is 0 Å². The number of amides is 1. The van der Waals surface area contributed by atoms with Gasteiger partial charge in [-0.25, -0.2) is 5.43 Å². The number of carbonyl (C=O) groups is 1. The second-order valence-corrected chi connectivity index (χ2v) is 5.03. The number of nitrogens with zero attached hydrogens (tertiary/aromatic N) is 3. The van der Waals surface area contributed by atoms with Crippen molar-refractivity contribution in [3.8, 4) is 0 Å². The average Bonchev–Trinajstić information content (AvgIpc) is 2.47. The monoisotopic (exact) mass is 260 g/mol. The fraction of sp³-hybridized carbons (Fsp3) is 0.571. The van der Waals surface area contributed by atoms with Crippen LogP contribution in [0.15, 0.2) is 23.7 Å². The molecule has 5 nitrogen and oxygen atoms in total. The fourth-order valence-electron chi connectivity index (χ4n) is 2.39. The van der Waals surface area contributed by atoms with Crippen molar-refractivity contribution < 1.29 is 4.79 Å². The van der Waals surface area contributed by atoms with Crippen LogP contribution in [0, 0.1) is 5.92 Å². The van der Waals surface area contributed by atoms with Crippen molar-refractivity contribution in [2.75, 3.05) is 0 Å². The Balaban J connectivity index is 1.82. The largest absolute Gasteiger partial charge is 0.273 e. The van der Waals surface area contributed by atoms with Gasteiger partial charge in [0.15, 0.2) is 0 Å². The van der Waals surface area contributed by atoms with Gasteiger partial charge in [-0.05, 0) is 25.7 Å². The third-order valence-corrected chi connectivity index (χ3v) is 3.48. The van der Waals surface area contributed by atoms with E-state index in [1.165, 1.54) is 32.1 Å². The predicted octanol–water partition coefficient (Wildman–Crippen LogP) is 2.29. The topological polar surface area (TPSA) is 67.2 Å². The van der Waals surface area contributed by atoms with Crippen LogP contribution in [0.3, 0.4) is 0 Å². The van der Waals surface area contributed by atoms with Crippen molar-refractivity contribution in [3.05, 3.63) is 24.3 Å². The minimum atomic E-state index is -0.00450. The summed E-state index contributed by atoms with van der Waals surface area (Å²) in [6.45, 7) is 1.81. The molecule has 19 heavy (non-hydrogen) atoms. The lowest BCUT2D eigenvalue weighted by Gasteiger charge is -2.20. The molecule has 0 atom stereocenters. The molecular formula is C14H20N4O. The lowest BCUT2D eigenvalue weighted by Crippen LogP contribution is -2.23. The van der Waals surface area contributed by atoms with Crippen LogP contribution >= 0.6 is 0 Å². The van der Waals surface area contributed by atoms with Crippen LogP contribution in [0.4, 0.5) is 0 Å². The van der Waals surface area contributed by atoms with Gasteiger partial charge in [-0.1, -0.05) is 19.3 Å². The summed E-state index contributed by atoms with van der Waals surface area (Å²) in [5.41, 5.74) is 3.96. The highest BCUT2D eigenvalue weighted by molar-refractivity contribution is 5.97.